The fourth-order valence-electron chi connectivity index (χ4n) is 2.11. The molecule has 0 radical (unpaired) electrons. The van der Waals surface area contributed by atoms with Gasteiger partial charge in [-0.25, -0.2) is 0 Å². The van der Waals surface area contributed by atoms with Crippen LogP contribution in [0.2, 0.25) is 0 Å². The van der Waals surface area contributed by atoms with Crippen molar-refractivity contribution < 1.29 is 9.59 Å². The molecule has 1 aromatic heterocycles. The highest BCUT2D eigenvalue weighted by Crippen LogP contribution is 2.16. The summed E-state index contributed by atoms with van der Waals surface area (Å²) in [7, 11) is 0. The summed E-state index contributed by atoms with van der Waals surface area (Å²) in [6, 6.07) is 12.5. The van der Waals surface area contributed by atoms with E-state index in [1.165, 1.54) is 0 Å². The number of ketones is 1. The minimum Gasteiger partial charge on any atom is -0.345 e. The summed E-state index contributed by atoms with van der Waals surface area (Å²) in [5.74, 6) is -0.697. The van der Waals surface area contributed by atoms with E-state index in [1.54, 1.807) is 29.0 Å². The second-order valence-corrected chi connectivity index (χ2v) is 4.44. The molecule has 0 unspecified atom stereocenters. The van der Waals surface area contributed by atoms with E-state index in [0.717, 1.165) is 0 Å². The molecule has 1 aromatic carbocycles. The zero-order valence-electron chi connectivity index (χ0n) is 11.7. The van der Waals surface area contributed by atoms with Crippen LogP contribution in [0.4, 0.5) is 5.69 Å². The maximum Gasteiger partial charge on any atom is 0.257 e. The Labute approximate surface area is 122 Å². The number of Topliss-reactive ketones (excluding diaryl/α,β-unsaturated/α-hetero) is 1. The zero-order valence-corrected chi connectivity index (χ0v) is 11.7. The lowest BCUT2D eigenvalue weighted by molar-refractivity contribution is 0.0968. The van der Waals surface area contributed by atoms with E-state index < -0.39 is 0 Å². The molecular formula is C16H15N3O2. The summed E-state index contributed by atoms with van der Waals surface area (Å²) < 4.78 is 1.68. The molecule has 106 valence electrons. The van der Waals surface area contributed by atoms with Gasteiger partial charge in [-0.3, -0.25) is 9.59 Å². The minimum atomic E-state index is -0.352. The molecule has 2 aromatic rings. The normalized spacial score (nSPS) is 9.90. The number of aryl methyl sites for hydroxylation is 1. The Morgan fingerprint density at radius 3 is 2.57 bits per heavy atom. The number of carbonyl (C=O) groups excluding carboxylic acids is 2. The minimum absolute atomic E-state index is 0.240. The standard InChI is InChI=1S/C16H15N3O2/c1-2-19-11-9-13(15(19)14(20)8-10-17)16(21)18-12-6-4-3-5-7-12/h3-7,9,11H,2,8H2,1H3,(H,18,21). The Morgan fingerprint density at radius 2 is 1.95 bits per heavy atom. The molecule has 0 spiro atoms. The number of carbonyl (C=O) groups is 2. The molecule has 21 heavy (non-hydrogen) atoms. The van der Waals surface area contributed by atoms with Gasteiger partial charge in [-0.15, -0.1) is 0 Å². The molecule has 1 heterocycles. The van der Waals surface area contributed by atoms with Crippen LogP contribution in [0.25, 0.3) is 0 Å². The highest BCUT2D eigenvalue weighted by Gasteiger charge is 2.21. The highest BCUT2D eigenvalue weighted by molar-refractivity contribution is 6.12. The van der Waals surface area contributed by atoms with Crippen LogP contribution < -0.4 is 5.32 Å². The topological polar surface area (TPSA) is 74.9 Å². The van der Waals surface area contributed by atoms with Crippen molar-refractivity contribution in [1.82, 2.24) is 4.57 Å². The number of rotatable bonds is 5. The molecule has 1 N–H and O–H groups in total. The van der Waals surface area contributed by atoms with Gasteiger partial charge in [0, 0.05) is 18.4 Å². The first-order valence-corrected chi connectivity index (χ1v) is 6.63. The lowest BCUT2D eigenvalue weighted by Gasteiger charge is -2.08. The van der Waals surface area contributed by atoms with Gasteiger partial charge in [0.15, 0.2) is 5.78 Å². The van der Waals surface area contributed by atoms with Gasteiger partial charge in [0.25, 0.3) is 5.91 Å². The fraction of sp³-hybridized carbons (Fsp3) is 0.188. The number of nitriles is 1. The Hall–Kier alpha value is -2.87. The monoisotopic (exact) mass is 281 g/mol. The first-order chi connectivity index (χ1) is 10.2. The van der Waals surface area contributed by atoms with E-state index >= 15 is 0 Å². The summed E-state index contributed by atoms with van der Waals surface area (Å²) in [5, 5.41) is 11.4. The van der Waals surface area contributed by atoms with Gasteiger partial charge in [0.05, 0.1) is 17.3 Å². The average molecular weight is 281 g/mol. The average Bonchev–Trinajstić information content (AvgIpc) is 2.92. The van der Waals surface area contributed by atoms with Gasteiger partial charge >= 0.3 is 0 Å². The van der Waals surface area contributed by atoms with Gasteiger partial charge in [-0.1, -0.05) is 18.2 Å². The number of benzene rings is 1. The van der Waals surface area contributed by atoms with Crippen molar-refractivity contribution in [1.29, 1.82) is 5.26 Å². The molecule has 0 saturated heterocycles. The number of hydrogen-bond acceptors (Lipinski definition) is 3. The molecule has 0 aliphatic rings. The van der Waals surface area contributed by atoms with E-state index in [1.807, 2.05) is 31.2 Å². The van der Waals surface area contributed by atoms with Gasteiger partial charge < -0.3 is 9.88 Å². The number of anilines is 1. The summed E-state index contributed by atoms with van der Waals surface area (Å²) in [5.41, 5.74) is 1.24. The van der Waals surface area contributed by atoms with Crippen LogP contribution in [-0.4, -0.2) is 16.3 Å². The molecule has 2 rings (SSSR count). The van der Waals surface area contributed by atoms with Crippen LogP contribution in [0.15, 0.2) is 42.6 Å². The summed E-state index contributed by atoms with van der Waals surface area (Å²) in [4.78, 5) is 24.4. The Kier molecular flexibility index (Phi) is 4.52. The van der Waals surface area contributed by atoms with E-state index in [-0.39, 0.29) is 23.8 Å². The van der Waals surface area contributed by atoms with Gasteiger partial charge in [0.1, 0.15) is 6.42 Å². The first-order valence-electron chi connectivity index (χ1n) is 6.63. The number of aromatic nitrogens is 1. The largest absolute Gasteiger partial charge is 0.345 e. The van der Waals surface area contributed by atoms with Crippen molar-refractivity contribution in [2.45, 2.75) is 19.9 Å². The first kappa shape index (κ1) is 14.5. The van der Waals surface area contributed by atoms with Gasteiger partial charge in [0.2, 0.25) is 0 Å². The molecule has 5 nitrogen and oxygen atoms in total. The molecule has 0 saturated carbocycles. The third kappa shape index (κ3) is 3.18. The number of nitrogens with one attached hydrogen (secondary N) is 1. The molecule has 1 amide bonds. The number of nitrogens with zero attached hydrogens (tertiary/aromatic N) is 2. The smallest absolute Gasteiger partial charge is 0.257 e. The van der Waals surface area contributed by atoms with Crippen molar-refractivity contribution in [2.24, 2.45) is 0 Å². The highest BCUT2D eigenvalue weighted by atomic mass is 16.2. The molecule has 0 bridgehead atoms. The fourth-order valence-corrected chi connectivity index (χ4v) is 2.11. The second-order valence-electron chi connectivity index (χ2n) is 4.44. The third-order valence-corrected chi connectivity index (χ3v) is 3.08. The Balaban J connectivity index is 2.31. The lowest BCUT2D eigenvalue weighted by atomic mass is 10.1. The maximum absolute atomic E-state index is 12.3. The van der Waals surface area contributed by atoms with Gasteiger partial charge in [-0.05, 0) is 25.1 Å². The Morgan fingerprint density at radius 1 is 1.24 bits per heavy atom. The third-order valence-electron chi connectivity index (χ3n) is 3.08. The quantitative estimate of drug-likeness (QED) is 0.856. The van der Waals surface area contributed by atoms with Crippen LogP contribution >= 0.6 is 0 Å². The van der Waals surface area contributed by atoms with Crippen LogP contribution in [0, 0.1) is 11.3 Å². The van der Waals surface area contributed by atoms with Crippen LogP contribution in [0.3, 0.4) is 0 Å². The van der Waals surface area contributed by atoms with E-state index in [2.05, 4.69) is 5.32 Å². The molecule has 0 aliphatic heterocycles. The maximum atomic E-state index is 12.3. The molecule has 0 fully saturated rings. The number of para-hydroxylation sites is 1. The van der Waals surface area contributed by atoms with E-state index in [0.29, 0.717) is 17.8 Å². The molecular weight excluding hydrogens is 266 g/mol. The molecule has 0 atom stereocenters. The van der Waals surface area contributed by atoms with Crippen molar-refractivity contribution in [3.05, 3.63) is 53.9 Å². The van der Waals surface area contributed by atoms with Gasteiger partial charge in [-0.2, -0.15) is 5.26 Å². The SMILES string of the molecule is CCn1ccc(C(=O)Nc2ccccc2)c1C(=O)CC#N. The van der Waals surface area contributed by atoms with Crippen LogP contribution in [0.1, 0.15) is 34.2 Å². The van der Waals surface area contributed by atoms with Crippen molar-refractivity contribution in [3.63, 3.8) is 0 Å². The summed E-state index contributed by atoms with van der Waals surface area (Å²) >= 11 is 0. The predicted molar refractivity (Wildman–Crippen MR) is 79.1 cm³/mol. The number of amides is 1. The zero-order chi connectivity index (χ0) is 15.2. The number of hydrogen-bond donors (Lipinski definition) is 1. The molecule has 0 aliphatic carbocycles. The van der Waals surface area contributed by atoms with E-state index in [4.69, 9.17) is 5.26 Å². The van der Waals surface area contributed by atoms with Crippen LogP contribution in [0.5, 0.6) is 0 Å². The second kappa shape index (κ2) is 6.53. The van der Waals surface area contributed by atoms with E-state index in [9.17, 15) is 9.59 Å². The van der Waals surface area contributed by atoms with Crippen molar-refractivity contribution in [3.8, 4) is 6.07 Å². The predicted octanol–water partition coefficient (Wildman–Crippen LogP) is 2.86. The van der Waals surface area contributed by atoms with Crippen molar-refractivity contribution >= 4 is 17.4 Å². The molecule has 5 heteroatoms. The summed E-state index contributed by atoms with van der Waals surface area (Å²) in [6.45, 7) is 2.44. The van der Waals surface area contributed by atoms with Crippen molar-refractivity contribution in [2.75, 3.05) is 5.32 Å². The van der Waals surface area contributed by atoms with Crippen LogP contribution in [-0.2, 0) is 6.54 Å². The lowest BCUT2D eigenvalue weighted by Crippen LogP contribution is -2.17. The Bertz CT molecular complexity index is 696. The summed E-state index contributed by atoms with van der Waals surface area (Å²) in [6.07, 6.45) is 1.44.